The molecule has 26 heavy (non-hydrogen) atoms. The lowest BCUT2D eigenvalue weighted by molar-refractivity contribution is -0.158. The molecule has 1 fully saturated rings. The number of aromatic nitrogens is 4. The fraction of sp³-hybridized carbons (Fsp3) is 0.667. The number of rotatable bonds is 4. The molecule has 0 spiro atoms. The molecule has 2 aromatic heterocycles. The van der Waals surface area contributed by atoms with Crippen molar-refractivity contribution in [3.8, 4) is 0 Å². The fourth-order valence-electron chi connectivity index (χ4n) is 2.35. The molecule has 0 atom stereocenters. The summed E-state index contributed by atoms with van der Waals surface area (Å²) in [5.41, 5.74) is 0. The van der Waals surface area contributed by atoms with Crippen LogP contribution < -0.4 is 0 Å². The van der Waals surface area contributed by atoms with Crippen LogP contribution in [0.25, 0.3) is 0 Å². The highest BCUT2D eigenvalue weighted by molar-refractivity contribution is 4.89. The maximum absolute atomic E-state index is 12.4. The Morgan fingerprint density at radius 2 is 1.00 bits per heavy atom. The van der Waals surface area contributed by atoms with Crippen LogP contribution in [0.4, 0.5) is 26.3 Å². The molecule has 0 aromatic carbocycles. The Morgan fingerprint density at radius 3 is 1.27 bits per heavy atom. The second-order valence-electron chi connectivity index (χ2n) is 5.55. The Bertz CT molecular complexity index is 671. The summed E-state index contributed by atoms with van der Waals surface area (Å²) in [5, 5.41) is 12.6. The lowest BCUT2D eigenvalue weighted by Gasteiger charge is -2.33. The molecule has 1 aliphatic rings. The van der Waals surface area contributed by atoms with Gasteiger partial charge in [-0.05, 0) is 0 Å². The summed E-state index contributed by atoms with van der Waals surface area (Å²) in [6.45, 7) is 1.90. The van der Waals surface area contributed by atoms with Crippen molar-refractivity contribution in [2.75, 3.05) is 26.2 Å². The summed E-state index contributed by atoms with van der Waals surface area (Å²) in [6, 6.07) is 0. The molecule has 3 rings (SSSR count). The Hall–Kier alpha value is -2.22. The molecule has 0 N–H and O–H groups in total. The van der Waals surface area contributed by atoms with Crippen LogP contribution in [-0.4, -0.2) is 56.4 Å². The first-order chi connectivity index (χ1) is 12.1. The average Bonchev–Trinajstić information content (AvgIpc) is 3.17. The SMILES string of the molecule is FC(F)(F)c1nnc(CN2CCN(Cc3nnc(C(F)(F)F)o3)CC2)o1. The van der Waals surface area contributed by atoms with E-state index in [1.807, 2.05) is 0 Å². The minimum atomic E-state index is -4.69. The van der Waals surface area contributed by atoms with Crippen molar-refractivity contribution >= 4 is 0 Å². The molecule has 0 radical (unpaired) electrons. The monoisotopic (exact) mass is 386 g/mol. The van der Waals surface area contributed by atoms with Crippen LogP contribution in [-0.2, 0) is 25.4 Å². The summed E-state index contributed by atoms with van der Waals surface area (Å²) in [4.78, 5) is 3.58. The van der Waals surface area contributed by atoms with Gasteiger partial charge in [-0.3, -0.25) is 9.80 Å². The van der Waals surface area contributed by atoms with E-state index in [0.717, 1.165) is 0 Å². The minimum absolute atomic E-state index is 0.0513. The Balaban J connectivity index is 1.48. The van der Waals surface area contributed by atoms with Crippen LogP contribution in [0.5, 0.6) is 0 Å². The molecule has 3 heterocycles. The number of halogens is 6. The molecule has 0 bridgehead atoms. The normalized spacial score (nSPS) is 17.8. The first-order valence-corrected chi connectivity index (χ1v) is 7.35. The summed E-state index contributed by atoms with van der Waals surface area (Å²) < 4.78 is 83.6. The van der Waals surface area contributed by atoms with Crippen LogP contribution in [0, 0.1) is 0 Å². The maximum Gasteiger partial charge on any atom is 0.470 e. The predicted octanol–water partition coefficient (Wildman–Crippen LogP) is 1.81. The van der Waals surface area contributed by atoms with Gasteiger partial charge in [0, 0.05) is 26.2 Å². The van der Waals surface area contributed by atoms with Gasteiger partial charge in [-0.2, -0.15) is 26.3 Å². The highest BCUT2D eigenvalue weighted by Gasteiger charge is 2.39. The minimum Gasteiger partial charge on any atom is -0.416 e. The van der Waals surface area contributed by atoms with Gasteiger partial charge in [0.15, 0.2) is 0 Å². The van der Waals surface area contributed by atoms with Crippen molar-refractivity contribution in [3.05, 3.63) is 23.6 Å². The maximum atomic E-state index is 12.4. The topological polar surface area (TPSA) is 84.3 Å². The molecule has 0 saturated carbocycles. The quantitative estimate of drug-likeness (QED) is 0.736. The number of alkyl halides is 6. The number of nitrogens with zero attached hydrogens (tertiary/aromatic N) is 6. The van der Waals surface area contributed by atoms with Crippen molar-refractivity contribution in [1.82, 2.24) is 30.2 Å². The standard InChI is InChI=1S/C12H12F6N6O2/c13-11(14,15)9-21-19-7(25-9)5-23-1-2-24(4-3-23)6-8-20-22-10(26-8)12(16,17)18/h1-6H2. The van der Waals surface area contributed by atoms with E-state index >= 15 is 0 Å². The van der Waals surface area contributed by atoms with Crippen molar-refractivity contribution in [2.24, 2.45) is 0 Å². The molecule has 144 valence electrons. The third-order valence-corrected chi connectivity index (χ3v) is 3.60. The van der Waals surface area contributed by atoms with Crippen LogP contribution in [0.15, 0.2) is 8.83 Å². The number of piperazine rings is 1. The Morgan fingerprint density at radius 1 is 0.654 bits per heavy atom. The fourth-order valence-corrected chi connectivity index (χ4v) is 2.35. The van der Waals surface area contributed by atoms with E-state index in [9.17, 15) is 26.3 Å². The molecule has 2 aromatic rings. The molecule has 0 aliphatic carbocycles. The Labute approximate surface area is 141 Å². The third kappa shape index (κ3) is 4.49. The van der Waals surface area contributed by atoms with Gasteiger partial charge in [-0.25, -0.2) is 0 Å². The van der Waals surface area contributed by atoms with Crippen LogP contribution >= 0.6 is 0 Å². The van der Waals surface area contributed by atoms with Crippen molar-refractivity contribution in [3.63, 3.8) is 0 Å². The molecule has 0 amide bonds. The summed E-state index contributed by atoms with van der Waals surface area (Å²) in [5.74, 6) is -3.11. The lowest BCUT2D eigenvalue weighted by Crippen LogP contribution is -2.45. The zero-order valence-corrected chi connectivity index (χ0v) is 13.0. The Kier molecular flexibility index (Phi) is 4.88. The van der Waals surface area contributed by atoms with Crippen molar-refractivity contribution in [2.45, 2.75) is 25.4 Å². The number of hydrogen-bond acceptors (Lipinski definition) is 8. The van der Waals surface area contributed by atoms with Crippen LogP contribution in [0.3, 0.4) is 0 Å². The van der Waals surface area contributed by atoms with E-state index in [1.54, 1.807) is 9.80 Å². The van der Waals surface area contributed by atoms with Gasteiger partial charge in [-0.15, -0.1) is 20.4 Å². The largest absolute Gasteiger partial charge is 0.470 e. The average molecular weight is 386 g/mol. The second kappa shape index (κ2) is 6.83. The summed E-state index contributed by atoms with van der Waals surface area (Å²) in [7, 11) is 0. The van der Waals surface area contributed by atoms with Gasteiger partial charge in [0.1, 0.15) is 0 Å². The van der Waals surface area contributed by atoms with Gasteiger partial charge in [0.25, 0.3) is 0 Å². The summed E-state index contributed by atoms with van der Waals surface area (Å²) in [6.07, 6.45) is -9.38. The van der Waals surface area contributed by atoms with E-state index in [2.05, 4.69) is 29.2 Å². The zero-order valence-electron chi connectivity index (χ0n) is 13.0. The molecule has 1 aliphatic heterocycles. The second-order valence-corrected chi connectivity index (χ2v) is 5.55. The van der Waals surface area contributed by atoms with Crippen molar-refractivity contribution in [1.29, 1.82) is 0 Å². The van der Waals surface area contributed by atoms with E-state index in [0.29, 0.717) is 26.2 Å². The molecule has 0 unspecified atom stereocenters. The highest BCUT2D eigenvalue weighted by atomic mass is 19.4. The van der Waals surface area contributed by atoms with Crippen LogP contribution in [0.1, 0.15) is 23.6 Å². The van der Waals surface area contributed by atoms with E-state index in [-0.39, 0.29) is 24.9 Å². The van der Waals surface area contributed by atoms with Gasteiger partial charge in [0.05, 0.1) is 13.1 Å². The van der Waals surface area contributed by atoms with Gasteiger partial charge >= 0.3 is 24.1 Å². The highest BCUT2D eigenvalue weighted by Crippen LogP contribution is 2.29. The molecule has 14 heteroatoms. The lowest BCUT2D eigenvalue weighted by atomic mass is 10.3. The van der Waals surface area contributed by atoms with E-state index in [1.165, 1.54) is 0 Å². The summed E-state index contributed by atoms with van der Waals surface area (Å²) >= 11 is 0. The first-order valence-electron chi connectivity index (χ1n) is 7.35. The number of hydrogen-bond donors (Lipinski definition) is 0. The molecule has 1 saturated heterocycles. The van der Waals surface area contributed by atoms with Gasteiger partial charge in [0.2, 0.25) is 11.8 Å². The first kappa shape index (κ1) is 18.6. The van der Waals surface area contributed by atoms with E-state index < -0.39 is 24.1 Å². The smallest absolute Gasteiger partial charge is 0.416 e. The van der Waals surface area contributed by atoms with Crippen molar-refractivity contribution < 1.29 is 35.2 Å². The van der Waals surface area contributed by atoms with Crippen LogP contribution in [0.2, 0.25) is 0 Å². The van der Waals surface area contributed by atoms with Gasteiger partial charge < -0.3 is 8.83 Å². The molecular weight excluding hydrogens is 374 g/mol. The molecular formula is C12H12F6N6O2. The third-order valence-electron chi connectivity index (χ3n) is 3.60. The van der Waals surface area contributed by atoms with E-state index in [4.69, 9.17) is 0 Å². The van der Waals surface area contributed by atoms with Gasteiger partial charge in [-0.1, -0.05) is 0 Å². The zero-order chi connectivity index (χ0) is 18.9. The predicted molar refractivity (Wildman–Crippen MR) is 69.2 cm³/mol. The molecule has 8 nitrogen and oxygen atoms in total.